The summed E-state index contributed by atoms with van der Waals surface area (Å²) >= 11 is 0. The predicted octanol–water partition coefficient (Wildman–Crippen LogP) is 4.55. The molecule has 0 aliphatic rings. The van der Waals surface area contributed by atoms with E-state index in [9.17, 15) is 4.79 Å². The van der Waals surface area contributed by atoms with Gasteiger partial charge in [-0.1, -0.05) is 42.5 Å². The largest absolute Gasteiger partial charge is 0.497 e. The number of rotatable bonds is 9. The Bertz CT molecular complexity index is 1270. The highest BCUT2D eigenvalue weighted by Gasteiger charge is 2.19. The van der Waals surface area contributed by atoms with E-state index < -0.39 is 0 Å². The standard InChI is InChI=1S/C27H27N3O4/c1-32-22-11-7-10-20(14-22)26-24(18-30(29-26)17-19-8-5-4-6-9-19)27(31)28-16-21-15-23(33-2)12-13-25(21)34-3/h4-15,18H,16-17H2,1-3H3,(H,28,31). The number of amides is 1. The van der Waals surface area contributed by atoms with Gasteiger partial charge < -0.3 is 19.5 Å². The average Bonchev–Trinajstić information content (AvgIpc) is 3.31. The zero-order valence-electron chi connectivity index (χ0n) is 19.4. The van der Waals surface area contributed by atoms with Crippen molar-refractivity contribution in [1.82, 2.24) is 15.1 Å². The number of carbonyl (C=O) groups is 1. The van der Waals surface area contributed by atoms with Gasteiger partial charge in [-0.2, -0.15) is 5.10 Å². The maximum Gasteiger partial charge on any atom is 0.255 e. The molecule has 7 heteroatoms. The molecule has 0 fully saturated rings. The van der Waals surface area contributed by atoms with Crippen LogP contribution in [0.25, 0.3) is 11.3 Å². The minimum Gasteiger partial charge on any atom is -0.497 e. The Morgan fingerprint density at radius 1 is 0.882 bits per heavy atom. The van der Waals surface area contributed by atoms with Crippen molar-refractivity contribution in [3.8, 4) is 28.5 Å². The third-order valence-electron chi connectivity index (χ3n) is 5.46. The SMILES string of the molecule is COc1cccc(-c2nn(Cc3ccccc3)cc2C(=O)NCc2cc(OC)ccc2OC)c1. The van der Waals surface area contributed by atoms with E-state index in [-0.39, 0.29) is 12.5 Å². The van der Waals surface area contributed by atoms with Gasteiger partial charge in [-0.05, 0) is 35.9 Å². The minimum absolute atomic E-state index is 0.234. The van der Waals surface area contributed by atoms with Crippen molar-refractivity contribution < 1.29 is 19.0 Å². The number of nitrogens with zero attached hydrogens (tertiary/aromatic N) is 2. The molecule has 3 aromatic carbocycles. The van der Waals surface area contributed by atoms with Crippen LogP contribution in [-0.2, 0) is 13.1 Å². The lowest BCUT2D eigenvalue weighted by Crippen LogP contribution is -2.23. The van der Waals surface area contributed by atoms with Crippen LogP contribution in [0.1, 0.15) is 21.5 Å². The number of methoxy groups -OCH3 is 3. The summed E-state index contributed by atoms with van der Waals surface area (Å²) < 4.78 is 17.9. The van der Waals surface area contributed by atoms with Crippen LogP contribution in [0.3, 0.4) is 0 Å². The summed E-state index contributed by atoms with van der Waals surface area (Å²) in [5, 5.41) is 7.74. The van der Waals surface area contributed by atoms with Crippen LogP contribution in [0.4, 0.5) is 0 Å². The highest BCUT2D eigenvalue weighted by molar-refractivity contribution is 5.99. The molecule has 174 valence electrons. The molecule has 1 N–H and O–H groups in total. The Morgan fingerprint density at radius 2 is 1.65 bits per heavy atom. The van der Waals surface area contributed by atoms with Crippen molar-refractivity contribution in [1.29, 1.82) is 0 Å². The van der Waals surface area contributed by atoms with Crippen LogP contribution in [-0.4, -0.2) is 37.0 Å². The van der Waals surface area contributed by atoms with Gasteiger partial charge in [0.05, 0.1) is 33.4 Å². The Balaban J connectivity index is 1.64. The van der Waals surface area contributed by atoms with Crippen molar-refractivity contribution in [2.75, 3.05) is 21.3 Å². The lowest BCUT2D eigenvalue weighted by atomic mass is 10.1. The van der Waals surface area contributed by atoms with E-state index in [0.29, 0.717) is 35.1 Å². The minimum atomic E-state index is -0.234. The summed E-state index contributed by atoms with van der Waals surface area (Å²) in [7, 11) is 4.82. The van der Waals surface area contributed by atoms with E-state index >= 15 is 0 Å². The maximum absolute atomic E-state index is 13.3. The molecular weight excluding hydrogens is 430 g/mol. The maximum atomic E-state index is 13.3. The fourth-order valence-corrected chi connectivity index (χ4v) is 3.71. The monoisotopic (exact) mass is 457 g/mol. The molecule has 0 aliphatic heterocycles. The Hall–Kier alpha value is -4.26. The summed E-state index contributed by atoms with van der Waals surface area (Å²) in [4.78, 5) is 13.3. The first-order chi connectivity index (χ1) is 16.6. The number of carbonyl (C=O) groups excluding carboxylic acids is 1. The molecule has 0 saturated carbocycles. The lowest BCUT2D eigenvalue weighted by molar-refractivity contribution is 0.0951. The van der Waals surface area contributed by atoms with Crippen LogP contribution in [0.15, 0.2) is 79.0 Å². The molecule has 4 aromatic rings. The van der Waals surface area contributed by atoms with E-state index in [1.54, 1.807) is 32.2 Å². The first-order valence-corrected chi connectivity index (χ1v) is 10.9. The quantitative estimate of drug-likeness (QED) is 0.399. The zero-order valence-corrected chi connectivity index (χ0v) is 19.4. The second-order valence-electron chi connectivity index (χ2n) is 7.67. The third-order valence-corrected chi connectivity index (χ3v) is 5.46. The van der Waals surface area contributed by atoms with Crippen LogP contribution in [0.2, 0.25) is 0 Å². The summed E-state index contributed by atoms with van der Waals surface area (Å²) in [5.74, 6) is 1.83. The molecule has 34 heavy (non-hydrogen) atoms. The smallest absolute Gasteiger partial charge is 0.255 e. The van der Waals surface area contributed by atoms with Gasteiger partial charge in [0, 0.05) is 23.9 Å². The molecule has 0 radical (unpaired) electrons. The van der Waals surface area contributed by atoms with Gasteiger partial charge in [0.2, 0.25) is 0 Å². The molecule has 0 atom stereocenters. The third kappa shape index (κ3) is 5.20. The molecule has 1 amide bonds. The molecule has 0 unspecified atom stereocenters. The highest BCUT2D eigenvalue weighted by Crippen LogP contribution is 2.27. The fraction of sp³-hybridized carbons (Fsp3) is 0.185. The first-order valence-electron chi connectivity index (χ1n) is 10.9. The molecule has 7 nitrogen and oxygen atoms in total. The van der Waals surface area contributed by atoms with Gasteiger partial charge in [0.15, 0.2) is 0 Å². The topological polar surface area (TPSA) is 74.6 Å². The predicted molar refractivity (Wildman–Crippen MR) is 130 cm³/mol. The number of hydrogen-bond donors (Lipinski definition) is 1. The lowest BCUT2D eigenvalue weighted by Gasteiger charge is -2.11. The molecule has 0 saturated heterocycles. The van der Waals surface area contributed by atoms with Crippen molar-refractivity contribution >= 4 is 5.91 Å². The van der Waals surface area contributed by atoms with Crippen molar-refractivity contribution in [3.63, 3.8) is 0 Å². The Morgan fingerprint density at radius 3 is 2.38 bits per heavy atom. The fourth-order valence-electron chi connectivity index (χ4n) is 3.71. The molecule has 0 bridgehead atoms. The molecular formula is C27H27N3O4. The van der Waals surface area contributed by atoms with Crippen LogP contribution >= 0.6 is 0 Å². The molecule has 0 aliphatic carbocycles. The average molecular weight is 458 g/mol. The van der Waals surface area contributed by atoms with Crippen molar-refractivity contribution in [2.24, 2.45) is 0 Å². The number of benzene rings is 3. The first kappa shape index (κ1) is 22.9. The summed E-state index contributed by atoms with van der Waals surface area (Å²) in [6, 6.07) is 23.0. The van der Waals surface area contributed by atoms with Gasteiger partial charge >= 0.3 is 0 Å². The second-order valence-corrected chi connectivity index (χ2v) is 7.67. The van der Waals surface area contributed by atoms with Crippen LogP contribution in [0, 0.1) is 0 Å². The number of hydrogen-bond acceptors (Lipinski definition) is 5. The van der Waals surface area contributed by atoms with E-state index in [4.69, 9.17) is 19.3 Å². The van der Waals surface area contributed by atoms with Gasteiger partial charge in [-0.3, -0.25) is 9.48 Å². The van der Waals surface area contributed by atoms with Crippen LogP contribution < -0.4 is 19.5 Å². The van der Waals surface area contributed by atoms with Gasteiger partial charge in [-0.25, -0.2) is 0 Å². The van der Waals surface area contributed by atoms with E-state index in [0.717, 1.165) is 16.7 Å². The van der Waals surface area contributed by atoms with Crippen LogP contribution in [0.5, 0.6) is 17.2 Å². The van der Waals surface area contributed by atoms with Crippen molar-refractivity contribution in [2.45, 2.75) is 13.1 Å². The summed E-state index contributed by atoms with van der Waals surface area (Å²) in [6.07, 6.45) is 1.78. The normalized spacial score (nSPS) is 10.6. The number of ether oxygens (including phenoxy) is 3. The second kappa shape index (κ2) is 10.6. The van der Waals surface area contributed by atoms with Gasteiger partial charge in [-0.15, -0.1) is 0 Å². The van der Waals surface area contributed by atoms with E-state index in [1.165, 1.54) is 0 Å². The summed E-state index contributed by atoms with van der Waals surface area (Å²) in [5.41, 5.74) is 3.77. The van der Waals surface area contributed by atoms with E-state index in [1.807, 2.05) is 72.8 Å². The molecule has 1 aromatic heterocycles. The van der Waals surface area contributed by atoms with Gasteiger partial charge in [0.1, 0.15) is 22.9 Å². The van der Waals surface area contributed by atoms with Crippen molar-refractivity contribution in [3.05, 3.63) is 95.7 Å². The summed E-state index contributed by atoms with van der Waals surface area (Å²) in [6.45, 7) is 0.829. The molecule has 0 spiro atoms. The Labute approximate surface area is 198 Å². The van der Waals surface area contributed by atoms with Gasteiger partial charge in [0.25, 0.3) is 5.91 Å². The molecule has 1 heterocycles. The highest BCUT2D eigenvalue weighted by atomic mass is 16.5. The number of aromatic nitrogens is 2. The van der Waals surface area contributed by atoms with E-state index in [2.05, 4.69) is 5.32 Å². The number of nitrogens with one attached hydrogen (secondary N) is 1. The molecule has 4 rings (SSSR count). The Kier molecular flexibility index (Phi) is 7.13. The zero-order chi connectivity index (χ0) is 23.9.